The molecule has 0 saturated carbocycles. The Morgan fingerprint density at radius 3 is 2.55 bits per heavy atom. The van der Waals surface area contributed by atoms with Crippen molar-refractivity contribution in [1.29, 1.82) is 0 Å². The highest BCUT2D eigenvalue weighted by molar-refractivity contribution is 6.01. The first-order chi connectivity index (χ1) is 9.70. The summed E-state index contributed by atoms with van der Waals surface area (Å²) in [5.41, 5.74) is 5.96. The van der Waals surface area contributed by atoms with E-state index in [1.54, 1.807) is 24.4 Å². The smallest absolute Gasteiger partial charge is 0.266 e. The summed E-state index contributed by atoms with van der Waals surface area (Å²) in [5, 5.41) is 4.20. The summed E-state index contributed by atoms with van der Waals surface area (Å²) >= 11 is 0. The third-order valence-corrected chi connectivity index (χ3v) is 2.91. The minimum Gasteiger partial charge on any atom is -0.266 e. The normalized spacial score (nSPS) is 11.2. The van der Waals surface area contributed by atoms with E-state index in [1.807, 2.05) is 38.1 Å². The second-order valence-electron chi connectivity index (χ2n) is 4.43. The van der Waals surface area contributed by atoms with Crippen molar-refractivity contribution in [2.45, 2.75) is 20.3 Å². The number of benzene rings is 1. The van der Waals surface area contributed by atoms with Crippen LogP contribution < -0.4 is 5.43 Å². The Hall–Kier alpha value is -2.49. The first-order valence-electron chi connectivity index (χ1n) is 6.55. The average molecular weight is 267 g/mol. The molecule has 0 bridgehead atoms. The van der Waals surface area contributed by atoms with Gasteiger partial charge in [-0.2, -0.15) is 5.10 Å². The van der Waals surface area contributed by atoms with Crippen LogP contribution in [0.1, 0.15) is 35.0 Å². The number of hydrogen-bond acceptors (Lipinski definition) is 3. The fourth-order valence-corrected chi connectivity index (χ4v) is 1.77. The number of hydrazone groups is 1. The second-order valence-corrected chi connectivity index (χ2v) is 4.43. The zero-order chi connectivity index (χ0) is 14.4. The Kier molecular flexibility index (Phi) is 4.60. The molecule has 102 valence electrons. The van der Waals surface area contributed by atoms with E-state index in [0.717, 1.165) is 17.7 Å². The molecule has 0 fully saturated rings. The predicted molar refractivity (Wildman–Crippen MR) is 79.7 cm³/mol. The molecule has 1 aromatic heterocycles. The largest absolute Gasteiger partial charge is 0.289 e. The molecule has 0 aliphatic carbocycles. The third-order valence-electron chi connectivity index (χ3n) is 2.91. The van der Waals surface area contributed by atoms with Crippen LogP contribution in [0.2, 0.25) is 0 Å². The van der Waals surface area contributed by atoms with Crippen LogP contribution in [0.25, 0.3) is 0 Å². The standard InChI is InChI=1S/C16H17N3O/c1-3-14(13-9-7-12(2)8-10-13)18-19-16(20)15-6-4-5-11-17-15/h4-11H,3H2,1-2H3,(H,19,20)/b18-14+. The number of nitrogens with zero attached hydrogens (tertiary/aromatic N) is 2. The highest BCUT2D eigenvalue weighted by atomic mass is 16.2. The van der Waals surface area contributed by atoms with Gasteiger partial charge in [0.1, 0.15) is 5.69 Å². The first kappa shape index (κ1) is 13.9. The number of pyridine rings is 1. The van der Waals surface area contributed by atoms with Crippen LogP contribution in [0.5, 0.6) is 0 Å². The number of rotatable bonds is 4. The van der Waals surface area contributed by atoms with Gasteiger partial charge < -0.3 is 0 Å². The molecule has 0 aliphatic rings. The van der Waals surface area contributed by atoms with Crippen LogP contribution in [0, 0.1) is 6.92 Å². The monoisotopic (exact) mass is 267 g/mol. The zero-order valence-corrected chi connectivity index (χ0v) is 11.6. The van der Waals surface area contributed by atoms with Gasteiger partial charge in [0.05, 0.1) is 5.71 Å². The Balaban J connectivity index is 2.12. The molecule has 4 nitrogen and oxygen atoms in total. The van der Waals surface area contributed by atoms with Gasteiger partial charge >= 0.3 is 0 Å². The molecule has 1 amide bonds. The molecule has 2 aromatic rings. The molecule has 20 heavy (non-hydrogen) atoms. The van der Waals surface area contributed by atoms with Gasteiger partial charge in [0.25, 0.3) is 5.91 Å². The summed E-state index contributed by atoms with van der Waals surface area (Å²) in [6.45, 7) is 4.04. The van der Waals surface area contributed by atoms with Crippen molar-refractivity contribution in [2.24, 2.45) is 5.10 Å². The minimum absolute atomic E-state index is 0.302. The third kappa shape index (κ3) is 3.51. The maximum Gasteiger partial charge on any atom is 0.289 e. The Bertz CT molecular complexity index is 603. The van der Waals surface area contributed by atoms with Crippen LogP contribution in [0.3, 0.4) is 0 Å². The van der Waals surface area contributed by atoms with E-state index in [4.69, 9.17) is 0 Å². The summed E-state index contributed by atoms with van der Waals surface area (Å²) in [6, 6.07) is 13.3. The van der Waals surface area contributed by atoms with Crippen molar-refractivity contribution in [1.82, 2.24) is 10.4 Å². The Labute approximate surface area is 118 Å². The van der Waals surface area contributed by atoms with E-state index in [9.17, 15) is 4.79 Å². The SMILES string of the molecule is CC/C(=N\NC(=O)c1ccccn1)c1ccc(C)cc1. The lowest BCUT2D eigenvalue weighted by atomic mass is 10.1. The van der Waals surface area contributed by atoms with Crippen LogP contribution >= 0.6 is 0 Å². The molecule has 0 aliphatic heterocycles. The number of nitrogens with one attached hydrogen (secondary N) is 1. The van der Waals surface area contributed by atoms with Crippen molar-refractivity contribution in [3.63, 3.8) is 0 Å². The Morgan fingerprint density at radius 1 is 1.20 bits per heavy atom. The fourth-order valence-electron chi connectivity index (χ4n) is 1.77. The number of hydrogen-bond donors (Lipinski definition) is 1. The Morgan fingerprint density at radius 2 is 1.95 bits per heavy atom. The summed E-state index contributed by atoms with van der Waals surface area (Å²) in [4.78, 5) is 15.9. The second kappa shape index (κ2) is 6.61. The van der Waals surface area contributed by atoms with Crippen molar-refractivity contribution in [3.8, 4) is 0 Å². The van der Waals surface area contributed by atoms with Crippen molar-refractivity contribution in [2.75, 3.05) is 0 Å². The first-order valence-corrected chi connectivity index (χ1v) is 6.55. The zero-order valence-electron chi connectivity index (χ0n) is 11.6. The lowest BCUT2D eigenvalue weighted by molar-refractivity contribution is 0.0950. The average Bonchev–Trinajstić information content (AvgIpc) is 2.50. The number of aryl methyl sites for hydroxylation is 1. The molecule has 4 heteroatoms. The number of carbonyl (C=O) groups excluding carboxylic acids is 1. The molecule has 1 heterocycles. The van der Waals surface area contributed by atoms with Crippen LogP contribution in [0.4, 0.5) is 0 Å². The van der Waals surface area contributed by atoms with E-state index in [0.29, 0.717) is 5.69 Å². The van der Waals surface area contributed by atoms with E-state index < -0.39 is 0 Å². The maximum absolute atomic E-state index is 11.9. The van der Waals surface area contributed by atoms with Crippen molar-refractivity contribution < 1.29 is 4.79 Å². The molecule has 1 N–H and O–H groups in total. The summed E-state index contributed by atoms with van der Waals surface area (Å²) in [5.74, 6) is -0.302. The maximum atomic E-state index is 11.9. The highest BCUT2D eigenvalue weighted by Gasteiger charge is 2.06. The van der Waals surface area contributed by atoms with Crippen molar-refractivity contribution in [3.05, 3.63) is 65.5 Å². The molecule has 2 rings (SSSR count). The lowest BCUT2D eigenvalue weighted by Crippen LogP contribution is -2.20. The van der Waals surface area contributed by atoms with Crippen LogP contribution in [0.15, 0.2) is 53.8 Å². The number of amides is 1. The lowest BCUT2D eigenvalue weighted by Gasteiger charge is -2.05. The van der Waals surface area contributed by atoms with E-state index in [1.165, 1.54) is 5.56 Å². The van der Waals surface area contributed by atoms with E-state index >= 15 is 0 Å². The molecule has 0 unspecified atom stereocenters. The summed E-state index contributed by atoms with van der Waals surface area (Å²) in [7, 11) is 0. The highest BCUT2D eigenvalue weighted by Crippen LogP contribution is 2.07. The molecule has 0 atom stereocenters. The fraction of sp³-hybridized carbons (Fsp3) is 0.188. The van der Waals surface area contributed by atoms with Crippen LogP contribution in [-0.2, 0) is 0 Å². The molecule has 1 aromatic carbocycles. The molecule has 0 spiro atoms. The molecule has 0 saturated heterocycles. The van der Waals surface area contributed by atoms with Gasteiger partial charge in [0.2, 0.25) is 0 Å². The van der Waals surface area contributed by atoms with Gasteiger partial charge in [0, 0.05) is 6.20 Å². The van der Waals surface area contributed by atoms with Crippen LogP contribution in [-0.4, -0.2) is 16.6 Å². The molecule has 0 radical (unpaired) electrons. The minimum atomic E-state index is -0.302. The topological polar surface area (TPSA) is 54.4 Å². The van der Waals surface area contributed by atoms with E-state index in [-0.39, 0.29) is 5.91 Å². The molecular weight excluding hydrogens is 250 g/mol. The van der Waals surface area contributed by atoms with E-state index in [2.05, 4.69) is 15.5 Å². The van der Waals surface area contributed by atoms with Gasteiger partial charge in [0.15, 0.2) is 0 Å². The van der Waals surface area contributed by atoms with Gasteiger partial charge in [-0.15, -0.1) is 0 Å². The van der Waals surface area contributed by atoms with Gasteiger partial charge in [-0.1, -0.05) is 42.8 Å². The van der Waals surface area contributed by atoms with Gasteiger partial charge in [-0.05, 0) is 31.0 Å². The predicted octanol–water partition coefficient (Wildman–Crippen LogP) is 2.93. The number of carbonyl (C=O) groups is 1. The van der Waals surface area contributed by atoms with Gasteiger partial charge in [-0.3, -0.25) is 9.78 Å². The van der Waals surface area contributed by atoms with Gasteiger partial charge in [-0.25, -0.2) is 5.43 Å². The number of aromatic nitrogens is 1. The summed E-state index contributed by atoms with van der Waals surface area (Å²) < 4.78 is 0. The summed E-state index contributed by atoms with van der Waals surface area (Å²) in [6.07, 6.45) is 2.32. The molecular formula is C16H17N3O. The van der Waals surface area contributed by atoms with Crippen molar-refractivity contribution >= 4 is 11.6 Å². The quantitative estimate of drug-likeness (QED) is 0.684.